The molecule has 4 aromatic carbocycles. The van der Waals surface area contributed by atoms with Crippen molar-refractivity contribution in [2.45, 2.75) is 0 Å². The van der Waals surface area contributed by atoms with Gasteiger partial charge in [-0.2, -0.15) is 18.2 Å². The van der Waals surface area contributed by atoms with Crippen molar-refractivity contribution in [2.24, 2.45) is 0 Å². The third-order valence-corrected chi connectivity index (χ3v) is 3.73. The molecule has 0 aliphatic carbocycles. The average Bonchev–Trinajstić information content (AvgIpc) is 3.38. The van der Waals surface area contributed by atoms with Gasteiger partial charge in [-0.3, -0.25) is 14.9 Å². The Morgan fingerprint density at radius 1 is 0.654 bits per heavy atom. The maximum atomic E-state index is 11.6. The first-order valence-electron chi connectivity index (χ1n) is 7.98. The molecular formula is C22H17FeNO2-6. The first-order chi connectivity index (χ1) is 12.3. The first-order valence-corrected chi connectivity index (χ1v) is 7.98. The van der Waals surface area contributed by atoms with Crippen LogP contribution in [0.15, 0.2) is 97.1 Å². The quantitative estimate of drug-likeness (QED) is 0.276. The van der Waals surface area contributed by atoms with Crippen LogP contribution in [0.1, 0.15) is 20.7 Å². The monoisotopic (exact) mass is 383 g/mol. The number of carbonyl (C=O) groups is 2. The number of rotatable bonds is 0. The molecule has 1 heterocycles. The van der Waals surface area contributed by atoms with E-state index in [1.807, 2.05) is 84.9 Å². The van der Waals surface area contributed by atoms with Gasteiger partial charge in [-0.1, -0.05) is 24.3 Å². The molecule has 26 heavy (non-hydrogen) atoms. The van der Waals surface area contributed by atoms with E-state index in [9.17, 15) is 9.59 Å². The smallest absolute Gasteiger partial charge is 0.258 e. The summed E-state index contributed by atoms with van der Waals surface area (Å²) in [5.41, 5.74) is 1.14. The molecule has 0 fully saturated rings. The molecule has 3 nitrogen and oxygen atoms in total. The molecule has 0 bridgehead atoms. The van der Waals surface area contributed by atoms with Gasteiger partial charge in [0.1, 0.15) is 0 Å². The van der Waals surface area contributed by atoms with Crippen LogP contribution in [0.5, 0.6) is 0 Å². The molecule has 2 amide bonds. The van der Waals surface area contributed by atoms with Crippen molar-refractivity contribution in [3.8, 4) is 0 Å². The normalized spacial score (nSPS) is 11.2. The SMILES string of the molecule is O=C1NC(=O)c2cccc3cccc1c23.[Fe].[cH-]1[cH-][cH-][cH-][cH-]1.c1cc[cH-]c1. The van der Waals surface area contributed by atoms with E-state index in [0.717, 1.165) is 10.8 Å². The van der Waals surface area contributed by atoms with Gasteiger partial charge in [0, 0.05) is 33.6 Å². The zero-order valence-corrected chi connectivity index (χ0v) is 15.0. The molecule has 0 saturated carbocycles. The summed E-state index contributed by atoms with van der Waals surface area (Å²) in [6.45, 7) is 0. The van der Waals surface area contributed by atoms with Gasteiger partial charge in [0.15, 0.2) is 0 Å². The minimum absolute atomic E-state index is 0. The number of imide groups is 1. The number of amides is 2. The molecule has 0 radical (unpaired) electrons. The molecule has 4 heteroatoms. The molecular weight excluding hydrogens is 366 g/mol. The fourth-order valence-corrected chi connectivity index (χ4v) is 2.60. The van der Waals surface area contributed by atoms with Crippen LogP contribution in [0.4, 0.5) is 0 Å². The van der Waals surface area contributed by atoms with Crippen molar-refractivity contribution in [3.05, 3.63) is 108 Å². The second-order valence-electron chi connectivity index (χ2n) is 5.42. The molecule has 5 rings (SSSR count). The van der Waals surface area contributed by atoms with E-state index in [4.69, 9.17) is 0 Å². The predicted molar refractivity (Wildman–Crippen MR) is 99.8 cm³/mol. The number of carbonyl (C=O) groups excluding carboxylic acids is 2. The average molecular weight is 383 g/mol. The molecule has 0 spiro atoms. The van der Waals surface area contributed by atoms with E-state index >= 15 is 0 Å². The minimum atomic E-state index is -0.315. The molecule has 0 atom stereocenters. The zero-order valence-electron chi connectivity index (χ0n) is 13.9. The molecule has 0 unspecified atom stereocenters. The van der Waals surface area contributed by atoms with E-state index in [-0.39, 0.29) is 28.9 Å². The van der Waals surface area contributed by atoms with Crippen LogP contribution >= 0.6 is 0 Å². The topological polar surface area (TPSA) is 46.2 Å². The van der Waals surface area contributed by atoms with Crippen molar-refractivity contribution in [2.75, 3.05) is 0 Å². The van der Waals surface area contributed by atoms with Gasteiger partial charge in [0.2, 0.25) is 0 Å². The Morgan fingerprint density at radius 3 is 1.50 bits per heavy atom. The Morgan fingerprint density at radius 2 is 1.12 bits per heavy atom. The summed E-state index contributed by atoms with van der Waals surface area (Å²) in [5.74, 6) is -0.631. The summed E-state index contributed by atoms with van der Waals surface area (Å²) in [4.78, 5) is 23.1. The Hall–Kier alpha value is -2.94. The van der Waals surface area contributed by atoms with Gasteiger partial charge in [-0.25, -0.2) is 12.1 Å². The van der Waals surface area contributed by atoms with Crippen molar-refractivity contribution in [1.82, 2.24) is 5.32 Å². The van der Waals surface area contributed by atoms with E-state index in [1.54, 1.807) is 12.1 Å². The van der Waals surface area contributed by atoms with E-state index < -0.39 is 0 Å². The fourth-order valence-electron chi connectivity index (χ4n) is 2.60. The second kappa shape index (κ2) is 9.52. The van der Waals surface area contributed by atoms with Crippen molar-refractivity contribution in [3.63, 3.8) is 0 Å². The van der Waals surface area contributed by atoms with Crippen LogP contribution in [0, 0.1) is 0 Å². The molecule has 1 aliphatic heterocycles. The maximum absolute atomic E-state index is 11.6. The van der Waals surface area contributed by atoms with E-state index in [0.29, 0.717) is 11.1 Å². The van der Waals surface area contributed by atoms with Crippen LogP contribution in [-0.4, -0.2) is 11.8 Å². The van der Waals surface area contributed by atoms with Crippen LogP contribution in [0.2, 0.25) is 0 Å². The van der Waals surface area contributed by atoms with Crippen LogP contribution in [0.25, 0.3) is 10.8 Å². The summed E-state index contributed by atoms with van der Waals surface area (Å²) in [7, 11) is 0. The van der Waals surface area contributed by atoms with Gasteiger partial charge in [-0.15, -0.1) is 0 Å². The second-order valence-corrected chi connectivity index (χ2v) is 5.42. The standard InChI is InChI=1S/C12H7NO2.2C5H5.Fe/c14-11-8-5-1-3-7-4-2-6-9(10(7)8)12(15)13-11;2*1-2-4-5-3-1;/h1-6H,(H,13,14,15);2*1-5H;/q;-5;-1;. The van der Waals surface area contributed by atoms with Gasteiger partial charge < -0.3 is 30.3 Å². The fraction of sp³-hybridized carbons (Fsp3) is 0. The summed E-state index contributed by atoms with van der Waals surface area (Å²) in [6.07, 6.45) is 0. The molecule has 1 aliphatic rings. The Labute approximate surface area is 162 Å². The summed E-state index contributed by atoms with van der Waals surface area (Å²) >= 11 is 0. The van der Waals surface area contributed by atoms with E-state index in [2.05, 4.69) is 5.32 Å². The van der Waals surface area contributed by atoms with Gasteiger partial charge in [0.25, 0.3) is 11.8 Å². The van der Waals surface area contributed by atoms with Gasteiger partial charge >= 0.3 is 0 Å². The maximum Gasteiger partial charge on any atom is 0.258 e. The third kappa shape index (κ3) is 4.57. The number of benzene rings is 2. The largest absolute Gasteiger partial charge is 0.748 e. The van der Waals surface area contributed by atoms with Gasteiger partial charge in [-0.05, 0) is 17.5 Å². The molecule has 1 N–H and O–H groups in total. The summed E-state index contributed by atoms with van der Waals surface area (Å²) in [5, 5.41) is 4.00. The number of hydrogen-bond donors (Lipinski definition) is 1. The van der Waals surface area contributed by atoms with Crippen molar-refractivity contribution in [1.29, 1.82) is 0 Å². The Bertz CT molecular complexity index is 848. The van der Waals surface area contributed by atoms with Crippen LogP contribution < -0.4 is 5.32 Å². The predicted octanol–water partition coefficient (Wildman–Crippen LogP) is 4.53. The Kier molecular flexibility index (Phi) is 7.10. The number of hydrogen-bond acceptors (Lipinski definition) is 2. The zero-order chi connectivity index (χ0) is 17.5. The number of nitrogens with one attached hydrogen (secondary N) is 1. The molecule has 136 valence electrons. The van der Waals surface area contributed by atoms with E-state index in [1.165, 1.54) is 0 Å². The summed E-state index contributed by atoms with van der Waals surface area (Å²) in [6, 6.07) is 30.9. The molecule has 4 aromatic rings. The van der Waals surface area contributed by atoms with Crippen molar-refractivity contribution < 1.29 is 26.7 Å². The minimum Gasteiger partial charge on any atom is -0.748 e. The third-order valence-electron chi connectivity index (χ3n) is 3.73. The van der Waals surface area contributed by atoms with Crippen LogP contribution in [0.3, 0.4) is 0 Å². The van der Waals surface area contributed by atoms with Crippen molar-refractivity contribution >= 4 is 22.6 Å². The molecule has 0 aromatic heterocycles. The Balaban J connectivity index is 0.000000182. The van der Waals surface area contributed by atoms with Crippen LogP contribution in [-0.2, 0) is 17.1 Å². The summed E-state index contributed by atoms with van der Waals surface area (Å²) < 4.78 is 0. The molecule has 0 saturated heterocycles. The first kappa shape index (κ1) is 19.4. The van der Waals surface area contributed by atoms with Gasteiger partial charge in [0.05, 0.1) is 0 Å².